The number of carbonyl (C=O) groups excluding carboxylic acids is 1. The van der Waals surface area contributed by atoms with Crippen LogP contribution in [0.25, 0.3) is 16.9 Å². The first-order valence-corrected chi connectivity index (χ1v) is 10.6. The second-order valence-corrected chi connectivity index (χ2v) is 7.67. The van der Waals surface area contributed by atoms with Crippen molar-refractivity contribution in [2.24, 2.45) is 0 Å². The molecule has 1 saturated carbocycles. The van der Waals surface area contributed by atoms with Gasteiger partial charge in [0.1, 0.15) is 5.75 Å². The Labute approximate surface area is 177 Å². The average Bonchev–Trinajstić information content (AvgIpc) is 3.23. The molecule has 2 aromatic carbocycles. The number of hydrogen-bond acceptors (Lipinski definition) is 3. The maximum atomic E-state index is 12.4. The molecule has 2 amide bonds. The molecule has 0 spiro atoms. The summed E-state index contributed by atoms with van der Waals surface area (Å²) < 4.78 is 7.13. The minimum atomic E-state index is -0.116. The van der Waals surface area contributed by atoms with Gasteiger partial charge in [-0.05, 0) is 49.2 Å². The van der Waals surface area contributed by atoms with E-state index in [1.54, 1.807) is 7.11 Å². The zero-order valence-corrected chi connectivity index (χ0v) is 17.3. The molecule has 0 aliphatic heterocycles. The first kappa shape index (κ1) is 20.0. The summed E-state index contributed by atoms with van der Waals surface area (Å²) in [5.41, 5.74) is 3.77. The Morgan fingerprint density at radius 2 is 1.80 bits per heavy atom. The Morgan fingerprint density at radius 1 is 1.07 bits per heavy atom. The number of aromatic nitrogens is 2. The molecule has 0 unspecified atom stereocenters. The van der Waals surface area contributed by atoms with Crippen LogP contribution in [-0.2, 0) is 6.54 Å². The lowest BCUT2D eigenvalue weighted by molar-refractivity contribution is 0.232. The highest BCUT2D eigenvalue weighted by atomic mass is 16.5. The second-order valence-electron chi connectivity index (χ2n) is 7.67. The number of nitrogens with one attached hydrogen (secondary N) is 2. The van der Waals surface area contributed by atoms with Crippen molar-refractivity contribution >= 4 is 6.03 Å². The van der Waals surface area contributed by atoms with E-state index in [9.17, 15) is 4.79 Å². The van der Waals surface area contributed by atoms with Crippen LogP contribution in [0.3, 0.4) is 0 Å². The van der Waals surface area contributed by atoms with E-state index in [2.05, 4.69) is 10.6 Å². The number of rotatable bonds is 6. The van der Waals surface area contributed by atoms with Crippen molar-refractivity contribution in [3.8, 4) is 22.7 Å². The van der Waals surface area contributed by atoms with E-state index in [1.165, 1.54) is 19.3 Å². The molecule has 3 aromatic rings. The number of nitrogens with zero attached hydrogens (tertiary/aromatic N) is 2. The van der Waals surface area contributed by atoms with E-state index in [0.717, 1.165) is 41.1 Å². The van der Waals surface area contributed by atoms with Gasteiger partial charge in [-0.2, -0.15) is 5.10 Å². The van der Waals surface area contributed by atoms with Crippen molar-refractivity contribution < 1.29 is 9.53 Å². The topological polar surface area (TPSA) is 68.2 Å². The quantitative estimate of drug-likeness (QED) is 0.627. The molecule has 6 nitrogen and oxygen atoms in total. The highest BCUT2D eigenvalue weighted by Gasteiger charge is 2.17. The molecule has 0 atom stereocenters. The normalized spacial score (nSPS) is 14.3. The van der Waals surface area contributed by atoms with Gasteiger partial charge in [0.2, 0.25) is 0 Å². The number of carbonyl (C=O) groups is 1. The Bertz CT molecular complexity index is 961. The van der Waals surface area contributed by atoms with E-state index in [0.29, 0.717) is 6.54 Å². The minimum Gasteiger partial charge on any atom is -0.497 e. The van der Waals surface area contributed by atoms with Crippen LogP contribution in [0.15, 0.2) is 60.8 Å². The standard InChI is InChI=1S/C24H28N4O2/c1-30-22-14-12-18(13-15-22)23-19(17-28(27-23)21-10-6-3-7-11-21)16-25-24(29)26-20-8-4-2-5-9-20/h3,6-7,10-15,17,20H,2,4-5,8-9,16H2,1H3,(H2,25,26,29). The van der Waals surface area contributed by atoms with E-state index in [4.69, 9.17) is 9.84 Å². The highest BCUT2D eigenvalue weighted by molar-refractivity contribution is 5.74. The molecule has 0 radical (unpaired) electrons. The average molecular weight is 405 g/mol. The van der Waals surface area contributed by atoms with Crippen molar-refractivity contribution in [1.29, 1.82) is 0 Å². The highest BCUT2D eigenvalue weighted by Crippen LogP contribution is 2.26. The SMILES string of the molecule is COc1ccc(-c2nn(-c3ccccc3)cc2CNC(=O)NC2CCCCC2)cc1. The molecule has 30 heavy (non-hydrogen) atoms. The van der Waals surface area contributed by atoms with Crippen LogP contribution >= 0.6 is 0 Å². The number of hydrogen-bond donors (Lipinski definition) is 2. The van der Waals surface area contributed by atoms with Gasteiger partial charge in [0.05, 0.1) is 18.5 Å². The molecule has 1 aliphatic rings. The molecule has 1 fully saturated rings. The zero-order valence-electron chi connectivity index (χ0n) is 17.3. The summed E-state index contributed by atoms with van der Waals surface area (Å²) in [5.74, 6) is 0.799. The number of benzene rings is 2. The summed E-state index contributed by atoms with van der Waals surface area (Å²) in [7, 11) is 1.65. The lowest BCUT2D eigenvalue weighted by Crippen LogP contribution is -2.42. The second kappa shape index (κ2) is 9.48. The van der Waals surface area contributed by atoms with Gasteiger partial charge in [-0.1, -0.05) is 37.5 Å². The Kier molecular flexibility index (Phi) is 6.32. The fraction of sp³-hybridized carbons (Fsp3) is 0.333. The lowest BCUT2D eigenvalue weighted by atomic mass is 9.96. The fourth-order valence-corrected chi connectivity index (χ4v) is 3.90. The van der Waals surface area contributed by atoms with E-state index >= 15 is 0 Å². The maximum absolute atomic E-state index is 12.4. The van der Waals surface area contributed by atoms with Crippen LogP contribution in [-0.4, -0.2) is 29.0 Å². The first-order chi connectivity index (χ1) is 14.7. The van der Waals surface area contributed by atoms with Gasteiger partial charge in [-0.15, -0.1) is 0 Å². The Hall–Kier alpha value is -3.28. The predicted octanol–water partition coefficient (Wildman–Crippen LogP) is 4.68. The van der Waals surface area contributed by atoms with Crippen LogP contribution < -0.4 is 15.4 Å². The summed E-state index contributed by atoms with van der Waals surface area (Å²) >= 11 is 0. The minimum absolute atomic E-state index is 0.116. The molecule has 1 aromatic heterocycles. The van der Waals surface area contributed by atoms with Gasteiger partial charge in [0.15, 0.2) is 0 Å². The summed E-state index contributed by atoms with van der Waals surface area (Å²) in [6.07, 6.45) is 7.76. The molecule has 1 aliphatic carbocycles. The summed E-state index contributed by atoms with van der Waals surface area (Å²) in [6, 6.07) is 18.0. The summed E-state index contributed by atoms with van der Waals surface area (Å²) in [4.78, 5) is 12.4. The lowest BCUT2D eigenvalue weighted by Gasteiger charge is -2.22. The molecular formula is C24H28N4O2. The molecule has 0 bridgehead atoms. The fourth-order valence-electron chi connectivity index (χ4n) is 3.90. The largest absolute Gasteiger partial charge is 0.497 e. The number of ether oxygens (including phenoxy) is 1. The van der Waals surface area contributed by atoms with Crippen molar-refractivity contribution in [1.82, 2.24) is 20.4 Å². The Balaban J connectivity index is 1.53. The van der Waals surface area contributed by atoms with Crippen LogP contribution in [0.5, 0.6) is 5.75 Å². The van der Waals surface area contributed by atoms with Gasteiger partial charge in [-0.3, -0.25) is 0 Å². The van der Waals surface area contributed by atoms with E-state index < -0.39 is 0 Å². The molecule has 1 heterocycles. The smallest absolute Gasteiger partial charge is 0.315 e. The number of amides is 2. The molecule has 6 heteroatoms. The molecule has 4 rings (SSSR count). The van der Waals surface area contributed by atoms with Gasteiger partial charge in [0, 0.05) is 29.9 Å². The summed E-state index contributed by atoms with van der Waals surface area (Å²) in [5, 5.41) is 10.9. The van der Waals surface area contributed by atoms with Gasteiger partial charge in [0.25, 0.3) is 0 Å². The summed E-state index contributed by atoms with van der Waals surface area (Å²) in [6.45, 7) is 0.409. The molecule has 2 N–H and O–H groups in total. The number of urea groups is 1. The predicted molar refractivity (Wildman–Crippen MR) is 118 cm³/mol. The van der Waals surface area contributed by atoms with E-state index in [1.807, 2.05) is 65.5 Å². The maximum Gasteiger partial charge on any atom is 0.315 e. The van der Waals surface area contributed by atoms with Crippen LogP contribution in [0.1, 0.15) is 37.7 Å². The van der Waals surface area contributed by atoms with Gasteiger partial charge < -0.3 is 15.4 Å². The van der Waals surface area contributed by atoms with Crippen LogP contribution in [0.4, 0.5) is 4.79 Å². The van der Waals surface area contributed by atoms with Crippen molar-refractivity contribution in [3.05, 3.63) is 66.4 Å². The third-order valence-electron chi connectivity index (χ3n) is 5.55. The van der Waals surface area contributed by atoms with Gasteiger partial charge >= 0.3 is 6.03 Å². The first-order valence-electron chi connectivity index (χ1n) is 10.6. The van der Waals surface area contributed by atoms with Crippen molar-refractivity contribution in [3.63, 3.8) is 0 Å². The van der Waals surface area contributed by atoms with E-state index in [-0.39, 0.29) is 12.1 Å². The molecule has 156 valence electrons. The van der Waals surface area contributed by atoms with Crippen LogP contribution in [0, 0.1) is 0 Å². The third kappa shape index (κ3) is 4.82. The van der Waals surface area contributed by atoms with Gasteiger partial charge in [-0.25, -0.2) is 9.48 Å². The number of para-hydroxylation sites is 1. The van der Waals surface area contributed by atoms with Crippen LogP contribution in [0.2, 0.25) is 0 Å². The number of methoxy groups -OCH3 is 1. The third-order valence-corrected chi connectivity index (χ3v) is 5.55. The molecule has 0 saturated heterocycles. The molecular weight excluding hydrogens is 376 g/mol. The Morgan fingerprint density at radius 3 is 2.50 bits per heavy atom. The van der Waals surface area contributed by atoms with Crippen molar-refractivity contribution in [2.45, 2.75) is 44.7 Å². The van der Waals surface area contributed by atoms with Crippen molar-refractivity contribution in [2.75, 3.05) is 7.11 Å². The zero-order chi connectivity index (χ0) is 20.8. The monoisotopic (exact) mass is 404 g/mol.